The van der Waals surface area contributed by atoms with Crippen LogP contribution in [-0.4, -0.2) is 23.9 Å². The lowest BCUT2D eigenvalue weighted by Crippen LogP contribution is -2.10. The van der Waals surface area contributed by atoms with Crippen LogP contribution in [-0.2, 0) is 0 Å². The van der Waals surface area contributed by atoms with Crippen molar-refractivity contribution >= 4 is 5.69 Å². The average molecular weight is 255 g/mol. The van der Waals surface area contributed by atoms with E-state index < -0.39 is 0 Å². The van der Waals surface area contributed by atoms with Gasteiger partial charge in [-0.2, -0.15) is 4.98 Å². The number of nitrogens with zero attached hydrogens (tertiary/aromatic N) is 2. The van der Waals surface area contributed by atoms with Crippen LogP contribution in [0.5, 0.6) is 11.8 Å². The summed E-state index contributed by atoms with van der Waals surface area (Å²) in [5, 5.41) is 19.3. The fourth-order valence-corrected chi connectivity index (χ4v) is 1.46. The largest absolute Gasteiger partial charge is 0.733 e. The number of anilines is 1. The van der Waals surface area contributed by atoms with E-state index in [1.807, 2.05) is 0 Å². The van der Waals surface area contributed by atoms with Crippen LogP contribution in [0.25, 0.3) is 0 Å². The van der Waals surface area contributed by atoms with Gasteiger partial charge in [0.25, 0.3) is 0 Å². The van der Waals surface area contributed by atoms with Crippen LogP contribution in [0.4, 0.5) is 5.69 Å². The Morgan fingerprint density at radius 3 is 2.72 bits per heavy atom. The van der Waals surface area contributed by atoms with Gasteiger partial charge in [0.1, 0.15) is 5.69 Å². The predicted molar refractivity (Wildman–Crippen MR) is 68.0 cm³/mol. The van der Waals surface area contributed by atoms with Crippen molar-refractivity contribution in [1.82, 2.24) is 4.98 Å². The van der Waals surface area contributed by atoms with E-state index in [-0.39, 0.29) is 16.8 Å². The summed E-state index contributed by atoms with van der Waals surface area (Å²) in [6.45, 7) is 4.87. The van der Waals surface area contributed by atoms with E-state index >= 15 is 0 Å². The van der Waals surface area contributed by atoms with Gasteiger partial charge in [-0.05, 0) is 24.8 Å². The van der Waals surface area contributed by atoms with Crippen LogP contribution in [0.1, 0.15) is 26.7 Å². The van der Waals surface area contributed by atoms with E-state index in [1.54, 1.807) is 0 Å². The Kier molecular flexibility index (Phi) is 5.67. The lowest BCUT2D eigenvalue weighted by atomic mass is 10.1. The standard InChI is InChI=1S/C12H19N2O4/c1-9(2)5-4-8-18-11-7-6-10(14(15)16)12(13-11)17-3/h6-7,9,15H,4-5,8H2,1-3H3/q-1. The van der Waals surface area contributed by atoms with Crippen LogP contribution in [0.15, 0.2) is 12.1 Å². The summed E-state index contributed by atoms with van der Waals surface area (Å²) in [6.07, 6.45) is 2.03. The minimum absolute atomic E-state index is 0.0360. The van der Waals surface area contributed by atoms with Crippen LogP contribution in [0, 0.1) is 11.1 Å². The van der Waals surface area contributed by atoms with Gasteiger partial charge in [-0.15, -0.1) is 0 Å². The number of methoxy groups -OCH3 is 1. The van der Waals surface area contributed by atoms with Crippen molar-refractivity contribution in [3.8, 4) is 11.8 Å². The zero-order chi connectivity index (χ0) is 13.5. The number of pyridine rings is 1. The van der Waals surface area contributed by atoms with E-state index in [0.29, 0.717) is 18.4 Å². The predicted octanol–water partition coefficient (Wildman–Crippen LogP) is 2.60. The number of aromatic nitrogens is 1. The maximum absolute atomic E-state index is 10.8. The first-order chi connectivity index (χ1) is 8.54. The van der Waals surface area contributed by atoms with E-state index in [9.17, 15) is 5.21 Å². The Labute approximate surface area is 107 Å². The summed E-state index contributed by atoms with van der Waals surface area (Å²) >= 11 is 0. The molecule has 0 atom stereocenters. The molecule has 0 spiro atoms. The van der Waals surface area contributed by atoms with Gasteiger partial charge in [-0.3, -0.25) is 5.21 Å². The van der Waals surface area contributed by atoms with E-state index in [0.717, 1.165) is 12.8 Å². The van der Waals surface area contributed by atoms with Crippen LogP contribution in [0.2, 0.25) is 0 Å². The molecule has 0 aliphatic rings. The summed E-state index contributed by atoms with van der Waals surface area (Å²) in [7, 11) is 1.37. The average Bonchev–Trinajstić information content (AvgIpc) is 2.33. The Hall–Kier alpha value is -1.53. The summed E-state index contributed by atoms with van der Waals surface area (Å²) < 4.78 is 10.3. The second-order valence-electron chi connectivity index (χ2n) is 4.34. The Bertz CT molecular complexity index is 369. The third kappa shape index (κ3) is 4.38. The van der Waals surface area contributed by atoms with Crippen molar-refractivity contribution in [3.63, 3.8) is 0 Å². The quantitative estimate of drug-likeness (QED) is 0.596. The molecule has 1 aromatic rings. The van der Waals surface area contributed by atoms with Crippen molar-refractivity contribution in [3.05, 3.63) is 17.3 Å². The SMILES string of the molecule is COc1nc(OCCCC(C)C)ccc1N([O-])O. The molecule has 0 saturated heterocycles. The van der Waals surface area contributed by atoms with Gasteiger partial charge < -0.3 is 19.9 Å². The molecular weight excluding hydrogens is 236 g/mol. The van der Waals surface area contributed by atoms with E-state index in [4.69, 9.17) is 14.7 Å². The van der Waals surface area contributed by atoms with E-state index in [1.165, 1.54) is 19.2 Å². The fraction of sp³-hybridized carbons (Fsp3) is 0.583. The summed E-state index contributed by atoms with van der Waals surface area (Å²) in [5.74, 6) is 1.05. The highest BCUT2D eigenvalue weighted by Gasteiger charge is 2.07. The zero-order valence-electron chi connectivity index (χ0n) is 10.9. The Balaban J connectivity index is 2.57. The molecule has 1 aromatic heterocycles. The fourth-order valence-electron chi connectivity index (χ4n) is 1.46. The Morgan fingerprint density at radius 2 is 2.17 bits per heavy atom. The third-order valence-corrected chi connectivity index (χ3v) is 2.39. The first kappa shape index (κ1) is 14.5. The second kappa shape index (κ2) is 7.03. The lowest BCUT2D eigenvalue weighted by Gasteiger charge is -2.23. The number of hydrogen-bond acceptors (Lipinski definition) is 6. The molecule has 1 heterocycles. The van der Waals surface area contributed by atoms with Crippen LogP contribution >= 0.6 is 0 Å². The molecule has 1 N–H and O–H groups in total. The molecule has 0 fully saturated rings. The molecule has 0 saturated carbocycles. The van der Waals surface area contributed by atoms with Gasteiger partial charge in [0.15, 0.2) is 0 Å². The maximum atomic E-state index is 10.8. The van der Waals surface area contributed by atoms with Crippen molar-refractivity contribution in [2.24, 2.45) is 5.92 Å². The van der Waals surface area contributed by atoms with E-state index in [2.05, 4.69) is 18.8 Å². The van der Waals surface area contributed by atoms with Gasteiger partial charge >= 0.3 is 0 Å². The first-order valence-electron chi connectivity index (χ1n) is 5.88. The van der Waals surface area contributed by atoms with Gasteiger partial charge in [-0.25, -0.2) is 0 Å². The van der Waals surface area contributed by atoms with Gasteiger partial charge in [0.2, 0.25) is 11.8 Å². The van der Waals surface area contributed by atoms with Crippen molar-refractivity contribution in [2.45, 2.75) is 26.7 Å². The van der Waals surface area contributed by atoms with Crippen LogP contribution in [0.3, 0.4) is 0 Å². The smallest absolute Gasteiger partial charge is 0.242 e. The molecule has 0 aliphatic heterocycles. The highest BCUT2D eigenvalue weighted by Crippen LogP contribution is 2.27. The van der Waals surface area contributed by atoms with Gasteiger partial charge in [0, 0.05) is 6.07 Å². The highest BCUT2D eigenvalue weighted by molar-refractivity contribution is 5.54. The molecule has 18 heavy (non-hydrogen) atoms. The molecule has 6 heteroatoms. The molecule has 0 radical (unpaired) electrons. The minimum Gasteiger partial charge on any atom is -0.733 e. The molecule has 0 aliphatic carbocycles. The molecule has 0 aromatic carbocycles. The molecule has 0 unspecified atom stereocenters. The number of rotatable bonds is 7. The summed E-state index contributed by atoms with van der Waals surface area (Å²) in [4.78, 5) is 3.98. The zero-order valence-corrected chi connectivity index (χ0v) is 10.9. The molecule has 0 amide bonds. The molecular formula is C12H19N2O4-. The first-order valence-corrected chi connectivity index (χ1v) is 5.88. The monoisotopic (exact) mass is 255 g/mol. The van der Waals surface area contributed by atoms with Crippen molar-refractivity contribution < 1.29 is 14.7 Å². The maximum Gasteiger partial charge on any atom is 0.242 e. The number of ether oxygens (including phenoxy) is 2. The molecule has 1 rings (SSSR count). The lowest BCUT2D eigenvalue weighted by molar-refractivity contribution is 0.274. The Morgan fingerprint density at radius 1 is 1.44 bits per heavy atom. The second-order valence-corrected chi connectivity index (χ2v) is 4.34. The summed E-state index contributed by atoms with van der Waals surface area (Å²) in [5.41, 5.74) is -0.0490. The normalized spacial score (nSPS) is 10.6. The summed E-state index contributed by atoms with van der Waals surface area (Å²) in [6, 6.07) is 2.92. The van der Waals surface area contributed by atoms with Gasteiger partial charge in [0.05, 0.1) is 13.7 Å². The van der Waals surface area contributed by atoms with Crippen LogP contribution < -0.4 is 14.7 Å². The van der Waals surface area contributed by atoms with Crippen molar-refractivity contribution in [2.75, 3.05) is 18.9 Å². The molecule has 6 nitrogen and oxygen atoms in total. The highest BCUT2D eigenvalue weighted by atomic mass is 16.8. The molecule has 0 bridgehead atoms. The number of hydrogen-bond donors (Lipinski definition) is 1. The van der Waals surface area contributed by atoms with Crippen molar-refractivity contribution in [1.29, 1.82) is 0 Å². The molecule has 102 valence electrons. The third-order valence-electron chi connectivity index (χ3n) is 2.39. The van der Waals surface area contributed by atoms with Gasteiger partial charge in [-0.1, -0.05) is 13.8 Å². The minimum atomic E-state index is -0.283. The topological polar surface area (TPSA) is 77.9 Å².